The molecule has 0 aliphatic heterocycles. The molecule has 2 aromatic rings. The minimum atomic E-state index is -0.0563. The fourth-order valence-electron chi connectivity index (χ4n) is 1.90. The van der Waals surface area contributed by atoms with Crippen LogP contribution in [0.2, 0.25) is 0 Å². The standard InChI is InChI=1S/C15H17N3OS2/c1-11(13-4-3-8-20-13)18(2)7-5-14(19)17-15-12(10-16)6-9-21-15/h3-4,6,8-9,11H,5,7H2,1-2H3,(H,17,19). The van der Waals surface area contributed by atoms with Crippen LogP contribution in [0, 0.1) is 11.3 Å². The first-order chi connectivity index (χ1) is 10.1. The summed E-state index contributed by atoms with van der Waals surface area (Å²) in [6.07, 6.45) is 0.412. The van der Waals surface area contributed by atoms with Gasteiger partial charge in [-0.05, 0) is 36.9 Å². The molecule has 1 amide bonds. The van der Waals surface area contributed by atoms with Gasteiger partial charge in [-0.3, -0.25) is 9.69 Å². The Kier molecular flexibility index (Phi) is 5.51. The summed E-state index contributed by atoms with van der Waals surface area (Å²) < 4.78 is 0. The van der Waals surface area contributed by atoms with Crippen molar-refractivity contribution in [2.45, 2.75) is 19.4 Å². The van der Waals surface area contributed by atoms with Crippen LogP contribution in [0.1, 0.15) is 29.8 Å². The molecule has 1 unspecified atom stereocenters. The van der Waals surface area contributed by atoms with Crippen molar-refractivity contribution in [1.82, 2.24) is 4.90 Å². The smallest absolute Gasteiger partial charge is 0.226 e. The van der Waals surface area contributed by atoms with Gasteiger partial charge in [-0.1, -0.05) is 6.07 Å². The highest BCUT2D eigenvalue weighted by molar-refractivity contribution is 7.14. The Morgan fingerprint density at radius 3 is 2.90 bits per heavy atom. The number of anilines is 1. The van der Waals surface area contributed by atoms with Crippen LogP contribution in [-0.4, -0.2) is 24.4 Å². The molecule has 0 spiro atoms. The summed E-state index contributed by atoms with van der Waals surface area (Å²) in [6, 6.07) is 8.23. The van der Waals surface area contributed by atoms with Gasteiger partial charge in [-0.25, -0.2) is 0 Å². The van der Waals surface area contributed by atoms with Gasteiger partial charge in [0.05, 0.1) is 5.56 Å². The van der Waals surface area contributed by atoms with Gasteiger partial charge >= 0.3 is 0 Å². The van der Waals surface area contributed by atoms with Crippen LogP contribution in [0.4, 0.5) is 5.00 Å². The third-order valence-corrected chi connectivity index (χ3v) is 5.22. The van der Waals surface area contributed by atoms with E-state index in [0.717, 1.165) is 0 Å². The van der Waals surface area contributed by atoms with E-state index in [-0.39, 0.29) is 5.91 Å². The molecule has 2 rings (SSSR count). The van der Waals surface area contributed by atoms with Gasteiger partial charge in [0.2, 0.25) is 5.91 Å². The summed E-state index contributed by atoms with van der Waals surface area (Å²) >= 11 is 3.10. The molecule has 0 aromatic carbocycles. The zero-order valence-corrected chi connectivity index (χ0v) is 13.6. The van der Waals surface area contributed by atoms with Gasteiger partial charge in [0.15, 0.2) is 0 Å². The van der Waals surface area contributed by atoms with Crippen molar-refractivity contribution in [3.05, 3.63) is 39.4 Å². The minimum Gasteiger partial charge on any atom is -0.317 e. The largest absolute Gasteiger partial charge is 0.317 e. The van der Waals surface area contributed by atoms with Gasteiger partial charge in [-0.15, -0.1) is 22.7 Å². The Morgan fingerprint density at radius 1 is 1.43 bits per heavy atom. The number of carbonyl (C=O) groups is 1. The number of amides is 1. The van der Waals surface area contributed by atoms with Crippen LogP contribution >= 0.6 is 22.7 Å². The molecule has 6 heteroatoms. The van der Waals surface area contributed by atoms with Crippen LogP contribution in [-0.2, 0) is 4.79 Å². The third kappa shape index (κ3) is 4.14. The number of nitrogens with zero attached hydrogens (tertiary/aromatic N) is 2. The Hall–Kier alpha value is -1.68. The van der Waals surface area contributed by atoms with Crippen molar-refractivity contribution in [2.24, 2.45) is 0 Å². The van der Waals surface area contributed by atoms with Crippen LogP contribution in [0.5, 0.6) is 0 Å². The fourth-order valence-corrected chi connectivity index (χ4v) is 3.50. The molecule has 21 heavy (non-hydrogen) atoms. The monoisotopic (exact) mass is 319 g/mol. The number of hydrogen-bond donors (Lipinski definition) is 1. The van der Waals surface area contributed by atoms with E-state index >= 15 is 0 Å². The van der Waals surface area contributed by atoms with Crippen LogP contribution in [0.3, 0.4) is 0 Å². The second-order valence-electron chi connectivity index (χ2n) is 4.75. The molecule has 110 valence electrons. The minimum absolute atomic E-state index is 0.0563. The number of hydrogen-bond acceptors (Lipinski definition) is 5. The van der Waals surface area contributed by atoms with E-state index in [1.807, 2.05) is 13.1 Å². The molecule has 0 fully saturated rings. The van der Waals surface area contributed by atoms with Gasteiger partial charge < -0.3 is 5.32 Å². The fraction of sp³-hybridized carbons (Fsp3) is 0.333. The number of nitrogens with one attached hydrogen (secondary N) is 1. The molecule has 0 bridgehead atoms. The van der Waals surface area contributed by atoms with Gasteiger partial charge in [0.1, 0.15) is 11.1 Å². The van der Waals surface area contributed by atoms with Crippen molar-refractivity contribution < 1.29 is 4.79 Å². The average Bonchev–Trinajstić information content (AvgIpc) is 3.14. The van der Waals surface area contributed by atoms with Crippen LogP contribution < -0.4 is 5.32 Å². The Labute approximate surface area is 132 Å². The molecule has 0 radical (unpaired) electrons. The lowest BCUT2D eigenvalue weighted by molar-refractivity contribution is -0.116. The van der Waals surface area contributed by atoms with Gasteiger partial charge in [0, 0.05) is 23.9 Å². The van der Waals surface area contributed by atoms with E-state index in [2.05, 4.69) is 34.7 Å². The van der Waals surface area contributed by atoms with E-state index < -0.39 is 0 Å². The highest BCUT2D eigenvalue weighted by Gasteiger charge is 2.14. The summed E-state index contributed by atoms with van der Waals surface area (Å²) in [5.74, 6) is -0.0563. The first-order valence-electron chi connectivity index (χ1n) is 6.63. The first kappa shape index (κ1) is 15.7. The van der Waals surface area contributed by atoms with Crippen molar-refractivity contribution in [2.75, 3.05) is 18.9 Å². The topological polar surface area (TPSA) is 56.1 Å². The quantitative estimate of drug-likeness (QED) is 0.883. The Morgan fingerprint density at radius 2 is 2.24 bits per heavy atom. The molecule has 0 aliphatic carbocycles. The number of nitriles is 1. The number of rotatable bonds is 6. The van der Waals surface area contributed by atoms with Gasteiger partial charge in [0.25, 0.3) is 0 Å². The lowest BCUT2D eigenvalue weighted by Crippen LogP contribution is -2.26. The number of carbonyl (C=O) groups excluding carboxylic acids is 1. The van der Waals surface area contributed by atoms with Crippen LogP contribution in [0.15, 0.2) is 29.0 Å². The first-order valence-corrected chi connectivity index (χ1v) is 8.39. The second-order valence-corrected chi connectivity index (χ2v) is 6.64. The highest BCUT2D eigenvalue weighted by Crippen LogP contribution is 2.24. The number of thiophene rings is 2. The molecule has 0 saturated carbocycles. The third-order valence-electron chi connectivity index (χ3n) is 3.35. The Balaban J connectivity index is 1.83. The van der Waals surface area contributed by atoms with E-state index in [4.69, 9.17) is 5.26 Å². The van der Waals surface area contributed by atoms with E-state index in [9.17, 15) is 4.79 Å². The van der Waals surface area contributed by atoms with E-state index in [1.165, 1.54) is 16.2 Å². The summed E-state index contributed by atoms with van der Waals surface area (Å²) in [5.41, 5.74) is 0.522. The molecular formula is C15H17N3OS2. The predicted molar refractivity (Wildman–Crippen MR) is 87.6 cm³/mol. The molecule has 0 saturated heterocycles. The Bertz CT molecular complexity index is 628. The summed E-state index contributed by atoms with van der Waals surface area (Å²) in [5, 5.41) is 16.2. The van der Waals surface area contributed by atoms with E-state index in [1.54, 1.807) is 22.8 Å². The van der Waals surface area contributed by atoms with Crippen molar-refractivity contribution >= 4 is 33.6 Å². The van der Waals surface area contributed by atoms with Crippen molar-refractivity contribution in [3.8, 4) is 6.07 Å². The lowest BCUT2D eigenvalue weighted by Gasteiger charge is -2.23. The maximum atomic E-state index is 12.0. The molecule has 4 nitrogen and oxygen atoms in total. The van der Waals surface area contributed by atoms with Crippen LogP contribution in [0.25, 0.3) is 0 Å². The van der Waals surface area contributed by atoms with Gasteiger partial charge in [-0.2, -0.15) is 5.26 Å². The molecule has 0 aliphatic rings. The molecule has 1 N–H and O–H groups in total. The summed E-state index contributed by atoms with van der Waals surface area (Å²) in [4.78, 5) is 15.4. The maximum absolute atomic E-state index is 12.0. The zero-order chi connectivity index (χ0) is 15.2. The summed E-state index contributed by atoms with van der Waals surface area (Å²) in [7, 11) is 2.02. The van der Waals surface area contributed by atoms with Crippen molar-refractivity contribution in [3.63, 3.8) is 0 Å². The summed E-state index contributed by atoms with van der Waals surface area (Å²) in [6.45, 7) is 2.81. The zero-order valence-electron chi connectivity index (χ0n) is 12.0. The molecule has 2 aromatic heterocycles. The SMILES string of the molecule is CC(c1cccs1)N(C)CCC(=O)Nc1sccc1C#N. The second kappa shape index (κ2) is 7.36. The van der Waals surface area contributed by atoms with Crippen molar-refractivity contribution in [1.29, 1.82) is 5.26 Å². The molecule has 1 atom stereocenters. The normalized spacial score (nSPS) is 12.1. The molecular weight excluding hydrogens is 302 g/mol. The molecule has 2 heterocycles. The maximum Gasteiger partial charge on any atom is 0.226 e. The average molecular weight is 319 g/mol. The highest BCUT2D eigenvalue weighted by atomic mass is 32.1. The predicted octanol–water partition coefficient (Wildman–Crippen LogP) is 3.70. The lowest BCUT2D eigenvalue weighted by atomic mass is 10.2. The van der Waals surface area contributed by atoms with E-state index in [0.29, 0.717) is 29.6 Å².